The summed E-state index contributed by atoms with van der Waals surface area (Å²) >= 11 is 0. The Morgan fingerprint density at radius 2 is 1.55 bits per heavy atom. The van der Waals surface area contributed by atoms with Crippen LogP contribution in [0.15, 0.2) is 42.5 Å². The number of hydrogen-bond acceptors (Lipinski definition) is 5. The van der Waals surface area contributed by atoms with Crippen LogP contribution in [-0.2, 0) is 0 Å². The molecule has 4 rings (SSSR count). The van der Waals surface area contributed by atoms with Crippen molar-refractivity contribution in [2.75, 3.05) is 20.2 Å². The fraction of sp³-hybridized carbons (Fsp3) is 0.333. The van der Waals surface area contributed by atoms with Gasteiger partial charge in [0.1, 0.15) is 5.75 Å². The summed E-state index contributed by atoms with van der Waals surface area (Å²) in [6, 6.07) is 12.6. The van der Waals surface area contributed by atoms with E-state index in [0.29, 0.717) is 24.2 Å². The largest absolute Gasteiger partial charge is 0.497 e. The molecule has 1 saturated heterocycles. The molecule has 0 spiro atoms. The van der Waals surface area contributed by atoms with E-state index < -0.39 is 0 Å². The van der Waals surface area contributed by atoms with Gasteiger partial charge in [0.05, 0.1) is 29.5 Å². The molecule has 0 radical (unpaired) electrons. The summed E-state index contributed by atoms with van der Waals surface area (Å²) in [4.78, 5) is 36.4. The Hall–Kier alpha value is -3.48. The van der Waals surface area contributed by atoms with Gasteiger partial charge < -0.3 is 15.0 Å². The zero-order chi connectivity index (χ0) is 22.0. The molecule has 160 valence electrons. The molecule has 2 aromatic carbocycles. The molecule has 0 bridgehead atoms. The van der Waals surface area contributed by atoms with Crippen molar-refractivity contribution in [1.82, 2.24) is 20.2 Å². The van der Waals surface area contributed by atoms with Gasteiger partial charge in [-0.15, -0.1) is 0 Å². The Labute approximate surface area is 181 Å². The number of nitrogens with one attached hydrogen (secondary N) is 1. The second-order valence-electron chi connectivity index (χ2n) is 7.87. The standard InChI is InChI=1S/C24H26N4O3/c1-15-16(2)26-22-14-18(6-9-21(22)25-15)23(29)27-19-10-12-28(13-11-19)24(30)17-4-7-20(31-3)8-5-17/h4-9,14,19H,10-13H2,1-3H3,(H,27,29). The highest BCUT2D eigenvalue weighted by Crippen LogP contribution is 2.18. The van der Waals surface area contributed by atoms with Crippen LogP contribution < -0.4 is 10.1 Å². The lowest BCUT2D eigenvalue weighted by Crippen LogP contribution is -2.46. The Kier molecular flexibility index (Phi) is 5.84. The predicted octanol–water partition coefficient (Wildman–Crippen LogP) is 3.29. The van der Waals surface area contributed by atoms with E-state index in [4.69, 9.17) is 4.74 Å². The second kappa shape index (κ2) is 8.71. The van der Waals surface area contributed by atoms with Crippen LogP contribution in [0.25, 0.3) is 11.0 Å². The summed E-state index contributed by atoms with van der Waals surface area (Å²) in [5.41, 5.74) is 4.47. The first-order chi connectivity index (χ1) is 14.9. The lowest BCUT2D eigenvalue weighted by atomic mass is 10.0. The van der Waals surface area contributed by atoms with Crippen molar-refractivity contribution in [2.45, 2.75) is 32.7 Å². The molecule has 1 fully saturated rings. The van der Waals surface area contributed by atoms with Crippen LogP contribution >= 0.6 is 0 Å². The third-order valence-corrected chi connectivity index (χ3v) is 5.79. The number of likely N-dealkylation sites (tertiary alicyclic amines) is 1. The lowest BCUT2D eigenvalue weighted by molar-refractivity contribution is 0.0698. The summed E-state index contributed by atoms with van der Waals surface area (Å²) < 4.78 is 5.14. The zero-order valence-corrected chi connectivity index (χ0v) is 18.0. The van der Waals surface area contributed by atoms with Crippen molar-refractivity contribution < 1.29 is 14.3 Å². The van der Waals surface area contributed by atoms with E-state index >= 15 is 0 Å². The van der Waals surface area contributed by atoms with Crippen LogP contribution in [0, 0.1) is 13.8 Å². The monoisotopic (exact) mass is 418 g/mol. The normalized spacial score (nSPS) is 14.5. The molecule has 7 nitrogen and oxygen atoms in total. The number of methoxy groups -OCH3 is 1. The van der Waals surface area contributed by atoms with Gasteiger partial charge in [-0.3, -0.25) is 9.59 Å². The first-order valence-electron chi connectivity index (χ1n) is 10.4. The minimum Gasteiger partial charge on any atom is -0.497 e. The third-order valence-electron chi connectivity index (χ3n) is 5.79. The summed E-state index contributed by atoms with van der Waals surface area (Å²) in [7, 11) is 1.60. The van der Waals surface area contributed by atoms with E-state index in [1.54, 1.807) is 43.5 Å². The highest BCUT2D eigenvalue weighted by atomic mass is 16.5. The van der Waals surface area contributed by atoms with Crippen molar-refractivity contribution in [3.05, 3.63) is 65.0 Å². The lowest BCUT2D eigenvalue weighted by Gasteiger charge is -2.32. The average molecular weight is 418 g/mol. The first-order valence-corrected chi connectivity index (χ1v) is 10.4. The number of carbonyl (C=O) groups is 2. The number of nitrogens with zero attached hydrogens (tertiary/aromatic N) is 3. The van der Waals surface area contributed by atoms with Crippen LogP contribution in [0.2, 0.25) is 0 Å². The van der Waals surface area contributed by atoms with Gasteiger partial charge in [-0.2, -0.15) is 0 Å². The van der Waals surface area contributed by atoms with Gasteiger partial charge in [0.15, 0.2) is 0 Å². The third kappa shape index (κ3) is 4.50. The smallest absolute Gasteiger partial charge is 0.253 e. The number of benzene rings is 2. The Balaban J connectivity index is 1.36. The van der Waals surface area contributed by atoms with E-state index in [1.807, 2.05) is 24.8 Å². The van der Waals surface area contributed by atoms with Crippen LogP contribution in [0.1, 0.15) is 44.9 Å². The molecular formula is C24H26N4O3. The van der Waals surface area contributed by atoms with Gasteiger partial charge in [0.25, 0.3) is 11.8 Å². The number of aromatic nitrogens is 2. The number of fused-ring (bicyclic) bond motifs is 1. The van der Waals surface area contributed by atoms with Gasteiger partial charge in [-0.1, -0.05) is 0 Å². The minimum absolute atomic E-state index is 0.00574. The van der Waals surface area contributed by atoms with Gasteiger partial charge in [0.2, 0.25) is 0 Å². The number of amides is 2. The number of aryl methyl sites for hydroxylation is 2. The number of ether oxygens (including phenoxy) is 1. The van der Waals surface area contributed by atoms with Gasteiger partial charge in [0, 0.05) is 30.3 Å². The average Bonchev–Trinajstić information content (AvgIpc) is 2.79. The molecule has 2 amide bonds. The first kappa shape index (κ1) is 20.8. The highest BCUT2D eigenvalue weighted by Gasteiger charge is 2.25. The van der Waals surface area contributed by atoms with Crippen molar-refractivity contribution >= 4 is 22.8 Å². The maximum Gasteiger partial charge on any atom is 0.253 e. The van der Waals surface area contributed by atoms with Gasteiger partial charge >= 0.3 is 0 Å². The molecule has 2 heterocycles. The fourth-order valence-corrected chi connectivity index (χ4v) is 3.78. The molecule has 1 aliphatic heterocycles. The summed E-state index contributed by atoms with van der Waals surface area (Å²) in [5.74, 6) is 0.607. The molecule has 0 aliphatic carbocycles. The van der Waals surface area contributed by atoms with Crippen molar-refractivity contribution in [3.63, 3.8) is 0 Å². The van der Waals surface area contributed by atoms with Crippen molar-refractivity contribution in [1.29, 1.82) is 0 Å². The van der Waals surface area contributed by atoms with Crippen LogP contribution in [0.3, 0.4) is 0 Å². The summed E-state index contributed by atoms with van der Waals surface area (Å²) in [6.45, 7) is 5.05. The topological polar surface area (TPSA) is 84.4 Å². The molecule has 0 atom stereocenters. The maximum atomic E-state index is 12.8. The Morgan fingerprint density at radius 1 is 0.935 bits per heavy atom. The number of carbonyl (C=O) groups excluding carboxylic acids is 2. The Bertz CT molecular complexity index is 1120. The second-order valence-corrected chi connectivity index (χ2v) is 7.87. The number of hydrogen-bond donors (Lipinski definition) is 1. The maximum absolute atomic E-state index is 12.8. The molecule has 7 heteroatoms. The molecule has 3 aromatic rings. The fourth-order valence-electron chi connectivity index (χ4n) is 3.78. The quantitative estimate of drug-likeness (QED) is 0.703. The SMILES string of the molecule is COc1ccc(C(=O)N2CCC(NC(=O)c3ccc4nc(C)c(C)nc4c3)CC2)cc1. The van der Waals surface area contributed by atoms with E-state index in [0.717, 1.165) is 41.0 Å². The molecule has 0 unspecified atom stereocenters. The summed E-state index contributed by atoms with van der Waals surface area (Å²) in [5, 5.41) is 3.10. The number of piperidine rings is 1. The number of rotatable bonds is 4. The van der Waals surface area contributed by atoms with E-state index in [-0.39, 0.29) is 17.9 Å². The van der Waals surface area contributed by atoms with Gasteiger partial charge in [-0.05, 0) is 69.2 Å². The molecule has 1 N–H and O–H groups in total. The van der Waals surface area contributed by atoms with Crippen molar-refractivity contribution in [2.24, 2.45) is 0 Å². The van der Waals surface area contributed by atoms with Crippen molar-refractivity contribution in [3.8, 4) is 5.75 Å². The summed E-state index contributed by atoms with van der Waals surface area (Å²) in [6.07, 6.45) is 1.44. The van der Waals surface area contributed by atoms with Crippen LogP contribution in [-0.4, -0.2) is 52.9 Å². The van der Waals surface area contributed by atoms with Gasteiger partial charge in [-0.25, -0.2) is 9.97 Å². The molecule has 31 heavy (non-hydrogen) atoms. The van der Waals surface area contributed by atoms with E-state index in [1.165, 1.54) is 0 Å². The molecular weight excluding hydrogens is 392 g/mol. The Morgan fingerprint density at radius 3 is 2.19 bits per heavy atom. The molecule has 1 aromatic heterocycles. The molecule has 0 saturated carbocycles. The molecule has 1 aliphatic rings. The minimum atomic E-state index is -0.123. The predicted molar refractivity (Wildman–Crippen MR) is 118 cm³/mol. The van der Waals surface area contributed by atoms with E-state index in [9.17, 15) is 9.59 Å². The highest BCUT2D eigenvalue weighted by molar-refractivity contribution is 5.97. The van der Waals surface area contributed by atoms with Crippen LogP contribution in [0.5, 0.6) is 5.75 Å². The van der Waals surface area contributed by atoms with Crippen LogP contribution in [0.4, 0.5) is 0 Å². The van der Waals surface area contributed by atoms with E-state index in [2.05, 4.69) is 15.3 Å². The zero-order valence-electron chi connectivity index (χ0n) is 18.0.